The van der Waals surface area contributed by atoms with Gasteiger partial charge in [0.25, 0.3) is 0 Å². The highest BCUT2D eigenvalue weighted by atomic mass is 16.1. The lowest BCUT2D eigenvalue weighted by atomic mass is 9.92. The second kappa shape index (κ2) is 6.01. The summed E-state index contributed by atoms with van der Waals surface area (Å²) >= 11 is 0. The highest BCUT2D eigenvalue weighted by Crippen LogP contribution is 2.27. The van der Waals surface area contributed by atoms with Crippen molar-refractivity contribution in [2.75, 3.05) is 0 Å². The van der Waals surface area contributed by atoms with E-state index in [-0.39, 0.29) is 5.78 Å². The van der Waals surface area contributed by atoms with Gasteiger partial charge in [0.2, 0.25) is 0 Å². The van der Waals surface area contributed by atoms with Gasteiger partial charge in [-0.15, -0.1) is 0 Å². The second-order valence-corrected chi connectivity index (χ2v) is 5.21. The molecule has 2 aromatic carbocycles. The van der Waals surface area contributed by atoms with Gasteiger partial charge in [-0.1, -0.05) is 44.9 Å². The standard InChI is InChI=1S/C18H22O/c1-4-7-14-9-6-10-16-12-17(13(3)19)11-15(8-5-2)18(14)16/h6,9-12H,4-5,7-8H2,1-3H3. The predicted octanol–water partition coefficient (Wildman–Crippen LogP) is 4.95. The van der Waals surface area contributed by atoms with Gasteiger partial charge in [-0.25, -0.2) is 0 Å². The Hall–Kier alpha value is -1.63. The molecule has 0 fully saturated rings. The maximum atomic E-state index is 11.7. The molecule has 100 valence electrons. The molecule has 0 aromatic heterocycles. The molecule has 0 amide bonds. The lowest BCUT2D eigenvalue weighted by Crippen LogP contribution is -1.98. The molecule has 0 saturated heterocycles. The smallest absolute Gasteiger partial charge is 0.159 e. The van der Waals surface area contributed by atoms with Crippen molar-refractivity contribution in [1.82, 2.24) is 0 Å². The lowest BCUT2D eigenvalue weighted by molar-refractivity contribution is 0.101. The van der Waals surface area contributed by atoms with Crippen molar-refractivity contribution in [3.8, 4) is 0 Å². The highest BCUT2D eigenvalue weighted by Gasteiger charge is 2.09. The van der Waals surface area contributed by atoms with Crippen molar-refractivity contribution in [1.29, 1.82) is 0 Å². The Kier molecular flexibility index (Phi) is 4.36. The van der Waals surface area contributed by atoms with Crippen LogP contribution in [0.25, 0.3) is 10.8 Å². The lowest BCUT2D eigenvalue weighted by Gasteiger charge is -2.12. The van der Waals surface area contributed by atoms with Crippen molar-refractivity contribution in [3.63, 3.8) is 0 Å². The molecule has 0 bridgehead atoms. The summed E-state index contributed by atoms with van der Waals surface area (Å²) in [5.74, 6) is 0.153. The first-order chi connectivity index (χ1) is 9.17. The molecule has 0 unspecified atom stereocenters. The topological polar surface area (TPSA) is 17.1 Å². The first kappa shape index (κ1) is 13.8. The Morgan fingerprint density at radius 1 is 1.00 bits per heavy atom. The number of rotatable bonds is 5. The normalized spacial score (nSPS) is 10.9. The van der Waals surface area contributed by atoms with E-state index in [9.17, 15) is 4.79 Å². The molecule has 19 heavy (non-hydrogen) atoms. The van der Waals surface area contributed by atoms with Gasteiger partial charge < -0.3 is 0 Å². The Labute approximate surface area is 115 Å². The molecule has 0 radical (unpaired) electrons. The summed E-state index contributed by atoms with van der Waals surface area (Å²) in [5, 5.41) is 2.58. The quantitative estimate of drug-likeness (QED) is 0.690. The van der Waals surface area contributed by atoms with Crippen LogP contribution in [0.5, 0.6) is 0 Å². The summed E-state index contributed by atoms with van der Waals surface area (Å²) in [7, 11) is 0. The van der Waals surface area contributed by atoms with Crippen LogP contribution in [-0.4, -0.2) is 5.78 Å². The third-order valence-corrected chi connectivity index (χ3v) is 3.59. The molecular weight excluding hydrogens is 232 g/mol. The Balaban J connectivity index is 2.71. The van der Waals surface area contributed by atoms with Crippen LogP contribution in [0.2, 0.25) is 0 Å². The monoisotopic (exact) mass is 254 g/mol. The number of Topliss-reactive ketones (excluding diaryl/α,β-unsaturated/α-hetero) is 1. The molecule has 1 nitrogen and oxygen atoms in total. The minimum Gasteiger partial charge on any atom is -0.295 e. The fourth-order valence-corrected chi connectivity index (χ4v) is 2.75. The van der Waals surface area contributed by atoms with E-state index in [1.807, 2.05) is 6.07 Å². The van der Waals surface area contributed by atoms with Crippen LogP contribution in [0.15, 0.2) is 30.3 Å². The van der Waals surface area contributed by atoms with Gasteiger partial charge in [-0.2, -0.15) is 0 Å². The van der Waals surface area contributed by atoms with E-state index in [4.69, 9.17) is 0 Å². The highest BCUT2D eigenvalue weighted by molar-refractivity contribution is 6.00. The molecule has 2 aromatic rings. The van der Waals surface area contributed by atoms with Crippen molar-refractivity contribution in [2.24, 2.45) is 0 Å². The van der Waals surface area contributed by atoms with E-state index >= 15 is 0 Å². The number of carbonyl (C=O) groups is 1. The summed E-state index contributed by atoms with van der Waals surface area (Å²) < 4.78 is 0. The molecule has 0 saturated carbocycles. The van der Waals surface area contributed by atoms with E-state index in [1.165, 1.54) is 21.9 Å². The largest absolute Gasteiger partial charge is 0.295 e. The predicted molar refractivity (Wildman–Crippen MR) is 81.9 cm³/mol. The zero-order chi connectivity index (χ0) is 13.8. The average Bonchev–Trinajstić information content (AvgIpc) is 2.39. The molecule has 0 aliphatic carbocycles. The van der Waals surface area contributed by atoms with Gasteiger partial charge in [0.05, 0.1) is 0 Å². The number of hydrogen-bond acceptors (Lipinski definition) is 1. The molecule has 0 aliphatic rings. The van der Waals surface area contributed by atoms with Crippen LogP contribution in [-0.2, 0) is 12.8 Å². The van der Waals surface area contributed by atoms with Crippen LogP contribution >= 0.6 is 0 Å². The van der Waals surface area contributed by atoms with E-state index in [0.29, 0.717) is 0 Å². The summed E-state index contributed by atoms with van der Waals surface area (Å²) in [6.45, 7) is 6.05. The number of aryl methyl sites for hydroxylation is 2. The van der Waals surface area contributed by atoms with Gasteiger partial charge in [-0.05, 0) is 53.8 Å². The van der Waals surface area contributed by atoms with Gasteiger partial charge in [0.15, 0.2) is 5.78 Å². The number of carbonyl (C=O) groups excluding carboxylic acids is 1. The molecule has 0 heterocycles. The summed E-state index contributed by atoms with van der Waals surface area (Å²) in [4.78, 5) is 11.7. The fourth-order valence-electron chi connectivity index (χ4n) is 2.75. The maximum absolute atomic E-state index is 11.7. The third kappa shape index (κ3) is 2.86. The molecule has 2 rings (SSSR count). The van der Waals surface area contributed by atoms with E-state index < -0.39 is 0 Å². The number of fused-ring (bicyclic) bond motifs is 1. The fraction of sp³-hybridized carbons (Fsp3) is 0.389. The summed E-state index contributed by atoms with van der Waals surface area (Å²) in [6, 6.07) is 10.6. The zero-order valence-corrected chi connectivity index (χ0v) is 12.1. The number of hydrogen-bond donors (Lipinski definition) is 0. The number of benzene rings is 2. The molecule has 0 spiro atoms. The number of ketones is 1. The van der Waals surface area contributed by atoms with Crippen molar-refractivity contribution in [2.45, 2.75) is 46.5 Å². The Morgan fingerprint density at radius 3 is 2.32 bits per heavy atom. The Bertz CT molecular complexity index is 596. The van der Waals surface area contributed by atoms with Gasteiger partial charge >= 0.3 is 0 Å². The van der Waals surface area contributed by atoms with Gasteiger partial charge in [-0.3, -0.25) is 4.79 Å². The van der Waals surface area contributed by atoms with Crippen molar-refractivity contribution >= 4 is 16.6 Å². The van der Waals surface area contributed by atoms with Crippen molar-refractivity contribution < 1.29 is 4.79 Å². The SMILES string of the molecule is CCCc1cccc2cc(C(C)=O)cc(CCC)c12. The van der Waals surface area contributed by atoms with E-state index in [0.717, 1.165) is 31.2 Å². The summed E-state index contributed by atoms with van der Waals surface area (Å²) in [6.07, 6.45) is 4.40. The maximum Gasteiger partial charge on any atom is 0.159 e. The van der Waals surface area contributed by atoms with Crippen LogP contribution < -0.4 is 0 Å². The molecule has 0 atom stereocenters. The molecule has 0 N–H and O–H groups in total. The molecule has 1 heteroatoms. The van der Waals surface area contributed by atoms with Crippen LogP contribution in [0, 0.1) is 0 Å². The van der Waals surface area contributed by atoms with E-state index in [2.05, 4.69) is 38.1 Å². The first-order valence-electron chi connectivity index (χ1n) is 7.22. The van der Waals surface area contributed by atoms with Crippen LogP contribution in [0.3, 0.4) is 0 Å². The van der Waals surface area contributed by atoms with Gasteiger partial charge in [0, 0.05) is 5.56 Å². The van der Waals surface area contributed by atoms with E-state index in [1.54, 1.807) is 6.92 Å². The summed E-state index contributed by atoms with van der Waals surface area (Å²) in [5.41, 5.74) is 3.58. The first-order valence-corrected chi connectivity index (χ1v) is 7.22. The van der Waals surface area contributed by atoms with Crippen molar-refractivity contribution in [3.05, 3.63) is 47.0 Å². The molecule has 0 aliphatic heterocycles. The van der Waals surface area contributed by atoms with Crippen LogP contribution in [0.4, 0.5) is 0 Å². The minimum atomic E-state index is 0.153. The average molecular weight is 254 g/mol. The minimum absolute atomic E-state index is 0.153. The third-order valence-electron chi connectivity index (χ3n) is 3.59. The van der Waals surface area contributed by atoms with Gasteiger partial charge in [0.1, 0.15) is 0 Å². The molecular formula is C18H22O. The second-order valence-electron chi connectivity index (χ2n) is 5.21. The van der Waals surface area contributed by atoms with Crippen LogP contribution in [0.1, 0.15) is 55.1 Å². The zero-order valence-electron chi connectivity index (χ0n) is 12.1. The Morgan fingerprint density at radius 2 is 1.68 bits per heavy atom.